The molecule has 11 heteroatoms. The van der Waals surface area contributed by atoms with Crippen LogP contribution in [0.5, 0.6) is 0 Å². The zero-order valence-electron chi connectivity index (χ0n) is 26.4. The number of nitrogens with zero attached hydrogens (tertiary/aromatic N) is 3. The van der Waals surface area contributed by atoms with E-state index in [0.717, 1.165) is 42.0 Å². The van der Waals surface area contributed by atoms with Crippen molar-refractivity contribution in [3.05, 3.63) is 47.0 Å². The largest absolute Gasteiger partial charge is 0.379 e. The minimum absolute atomic E-state index is 0.0366. The van der Waals surface area contributed by atoms with E-state index in [2.05, 4.69) is 15.5 Å². The van der Waals surface area contributed by atoms with Crippen LogP contribution in [0.3, 0.4) is 0 Å². The van der Waals surface area contributed by atoms with E-state index < -0.39 is 41.1 Å². The number of amides is 6. The number of imide groups is 2. The summed E-state index contributed by atoms with van der Waals surface area (Å²) in [5.41, 5.74) is 0.241. The van der Waals surface area contributed by atoms with Gasteiger partial charge in [0.25, 0.3) is 5.91 Å². The van der Waals surface area contributed by atoms with Gasteiger partial charge in [-0.3, -0.25) is 29.0 Å². The molecule has 3 aliphatic heterocycles. The Morgan fingerprint density at radius 2 is 1.71 bits per heavy atom. The molecule has 0 unspecified atom stereocenters. The Labute approximate surface area is 264 Å². The molecule has 11 nitrogen and oxygen atoms in total. The molecule has 2 saturated heterocycles. The maximum atomic E-state index is 14.9. The third-order valence-electron chi connectivity index (χ3n) is 10.4. The Kier molecular flexibility index (Phi) is 9.10. The van der Waals surface area contributed by atoms with Gasteiger partial charge < -0.3 is 15.4 Å². The molecule has 0 spiro atoms. The summed E-state index contributed by atoms with van der Waals surface area (Å²) in [4.78, 5) is 76.1. The lowest BCUT2D eigenvalue weighted by molar-refractivity contribution is -0.151. The van der Waals surface area contributed by atoms with Gasteiger partial charge in [-0.05, 0) is 50.5 Å². The molecule has 5 aliphatic rings. The molecule has 4 atom stereocenters. The lowest BCUT2D eigenvalue weighted by Crippen LogP contribution is -2.73. The number of carbonyl (C=O) groups excluding carboxylic acids is 5. The minimum atomic E-state index is -1.74. The van der Waals surface area contributed by atoms with Crippen LogP contribution >= 0.6 is 0 Å². The zero-order valence-corrected chi connectivity index (χ0v) is 26.4. The standard InChI is InChI=1S/C34H45N5O6/c1-3-24-25-12-13-26-27(31(42)38(4-2)29(26)40)28(25)34(20-22-8-6-5-7-9-22,32(43)36-21-23-10-11-23)39(30(24)41)33(44)35-14-15-37-16-18-45-19-17-37/h5-9,23,26-28H,3-4,10-21H2,1-2H3,(H,35,44)(H,36,43)/t26-,27-,28+,34+/m1/s1. The number of fused-ring (bicyclic) bond motifs is 3. The maximum Gasteiger partial charge on any atom is 0.325 e. The summed E-state index contributed by atoms with van der Waals surface area (Å²) in [7, 11) is 0. The van der Waals surface area contributed by atoms with Crippen molar-refractivity contribution < 1.29 is 28.7 Å². The highest BCUT2D eigenvalue weighted by Gasteiger charge is 2.67. The zero-order chi connectivity index (χ0) is 31.7. The summed E-state index contributed by atoms with van der Waals surface area (Å²) in [5, 5.41) is 6.08. The molecule has 4 fully saturated rings. The normalized spacial score (nSPS) is 28.7. The van der Waals surface area contributed by atoms with E-state index >= 15 is 0 Å². The van der Waals surface area contributed by atoms with E-state index in [1.165, 1.54) is 4.90 Å². The molecule has 0 aromatic heterocycles. The van der Waals surface area contributed by atoms with Crippen molar-refractivity contribution in [1.82, 2.24) is 25.3 Å². The molecular weight excluding hydrogens is 574 g/mol. The van der Waals surface area contributed by atoms with Crippen LogP contribution < -0.4 is 10.6 Å². The van der Waals surface area contributed by atoms with Crippen LogP contribution in [0, 0.1) is 23.7 Å². The van der Waals surface area contributed by atoms with Crippen molar-refractivity contribution in [2.75, 3.05) is 52.5 Å². The summed E-state index contributed by atoms with van der Waals surface area (Å²) < 4.78 is 5.45. The number of rotatable bonds is 10. The van der Waals surface area contributed by atoms with E-state index in [-0.39, 0.29) is 31.3 Å². The van der Waals surface area contributed by atoms with E-state index in [1.807, 2.05) is 37.3 Å². The number of morpholine rings is 1. The van der Waals surface area contributed by atoms with Gasteiger partial charge >= 0.3 is 6.03 Å². The first-order chi connectivity index (χ1) is 21.8. The van der Waals surface area contributed by atoms with Gasteiger partial charge in [-0.1, -0.05) is 42.8 Å². The van der Waals surface area contributed by atoms with Crippen LogP contribution in [0.2, 0.25) is 0 Å². The number of hydrogen-bond donors (Lipinski definition) is 2. The fourth-order valence-corrected chi connectivity index (χ4v) is 8.01. The molecule has 2 N–H and O–H groups in total. The number of likely N-dealkylation sites (tertiary alicyclic amines) is 1. The van der Waals surface area contributed by atoms with Gasteiger partial charge in [0.05, 0.1) is 25.0 Å². The Morgan fingerprint density at radius 3 is 2.38 bits per heavy atom. The summed E-state index contributed by atoms with van der Waals surface area (Å²) in [6.45, 7) is 7.93. The fourth-order valence-electron chi connectivity index (χ4n) is 8.01. The highest BCUT2D eigenvalue weighted by atomic mass is 16.5. The summed E-state index contributed by atoms with van der Waals surface area (Å²) in [5.74, 6) is -3.39. The number of hydrogen-bond acceptors (Lipinski definition) is 7. The Balaban J connectivity index is 1.48. The molecule has 6 amide bonds. The number of carbonyl (C=O) groups is 5. The van der Waals surface area contributed by atoms with Crippen molar-refractivity contribution in [1.29, 1.82) is 0 Å². The van der Waals surface area contributed by atoms with Crippen molar-refractivity contribution in [2.45, 2.75) is 57.9 Å². The quantitative estimate of drug-likeness (QED) is 0.384. The van der Waals surface area contributed by atoms with E-state index in [0.29, 0.717) is 57.1 Å². The lowest BCUT2D eigenvalue weighted by Gasteiger charge is -2.54. The highest BCUT2D eigenvalue weighted by Crippen LogP contribution is 2.55. The molecule has 2 aliphatic carbocycles. The van der Waals surface area contributed by atoms with Crippen molar-refractivity contribution in [3.63, 3.8) is 0 Å². The second-order valence-electron chi connectivity index (χ2n) is 13.0. The second kappa shape index (κ2) is 13.0. The predicted molar refractivity (Wildman–Crippen MR) is 166 cm³/mol. The van der Waals surface area contributed by atoms with Crippen molar-refractivity contribution in [3.8, 4) is 0 Å². The molecule has 2 saturated carbocycles. The Morgan fingerprint density at radius 1 is 0.978 bits per heavy atom. The highest BCUT2D eigenvalue weighted by molar-refractivity contribution is 6.12. The average Bonchev–Trinajstić information content (AvgIpc) is 3.85. The van der Waals surface area contributed by atoms with E-state index in [4.69, 9.17) is 4.74 Å². The van der Waals surface area contributed by atoms with Crippen LogP contribution in [0.4, 0.5) is 4.79 Å². The Hall–Kier alpha value is -3.57. The van der Waals surface area contributed by atoms with Crippen LogP contribution in [0.25, 0.3) is 0 Å². The molecule has 6 rings (SSSR count). The van der Waals surface area contributed by atoms with Gasteiger partial charge in [0.1, 0.15) is 5.54 Å². The molecule has 242 valence electrons. The number of ether oxygens (including phenoxy) is 1. The molecular formula is C34H45N5O6. The molecule has 3 heterocycles. The Bertz CT molecular complexity index is 1370. The summed E-state index contributed by atoms with van der Waals surface area (Å²) in [6.07, 6.45) is 3.27. The van der Waals surface area contributed by atoms with Crippen LogP contribution in [0.15, 0.2) is 41.5 Å². The third kappa shape index (κ3) is 5.69. The van der Waals surface area contributed by atoms with Gasteiger partial charge in [-0.2, -0.15) is 0 Å². The van der Waals surface area contributed by atoms with Crippen LogP contribution in [-0.2, 0) is 30.3 Å². The van der Waals surface area contributed by atoms with Gasteiger partial charge in [0, 0.05) is 57.2 Å². The molecule has 1 aromatic carbocycles. The minimum Gasteiger partial charge on any atom is -0.379 e. The first-order valence-electron chi connectivity index (χ1n) is 16.6. The SMILES string of the molecule is CCC1=C2CC[C@H]3C(=O)N(CC)C(=O)[C@H]3[C@H]2[C@@](Cc2ccccc2)(C(=O)NCC2CC2)N(C(=O)NCCN2CCOCC2)C1=O. The second-order valence-corrected chi connectivity index (χ2v) is 13.0. The summed E-state index contributed by atoms with van der Waals surface area (Å²) in [6, 6.07) is 8.72. The van der Waals surface area contributed by atoms with E-state index in [1.54, 1.807) is 6.92 Å². The van der Waals surface area contributed by atoms with Gasteiger partial charge in [-0.15, -0.1) is 0 Å². The van der Waals surface area contributed by atoms with Gasteiger partial charge in [0.15, 0.2) is 0 Å². The first-order valence-corrected chi connectivity index (χ1v) is 16.6. The number of urea groups is 1. The van der Waals surface area contributed by atoms with Gasteiger partial charge in [0.2, 0.25) is 17.7 Å². The first kappa shape index (κ1) is 31.4. The number of benzene rings is 1. The number of nitrogens with one attached hydrogen (secondary N) is 2. The molecule has 0 radical (unpaired) electrons. The smallest absolute Gasteiger partial charge is 0.325 e. The van der Waals surface area contributed by atoms with E-state index in [9.17, 15) is 24.0 Å². The maximum absolute atomic E-state index is 14.9. The third-order valence-corrected chi connectivity index (χ3v) is 10.4. The average molecular weight is 620 g/mol. The molecule has 0 bridgehead atoms. The van der Waals surface area contributed by atoms with Crippen molar-refractivity contribution in [2.24, 2.45) is 23.7 Å². The fraction of sp³-hybridized carbons (Fsp3) is 0.618. The molecule has 45 heavy (non-hydrogen) atoms. The lowest BCUT2D eigenvalue weighted by atomic mass is 9.57. The van der Waals surface area contributed by atoms with Crippen LogP contribution in [0.1, 0.15) is 51.5 Å². The predicted octanol–water partition coefficient (Wildman–Crippen LogP) is 2.12. The van der Waals surface area contributed by atoms with Gasteiger partial charge in [-0.25, -0.2) is 9.69 Å². The monoisotopic (exact) mass is 619 g/mol. The summed E-state index contributed by atoms with van der Waals surface area (Å²) >= 11 is 0. The van der Waals surface area contributed by atoms with Crippen molar-refractivity contribution >= 4 is 29.7 Å². The topological polar surface area (TPSA) is 128 Å². The van der Waals surface area contributed by atoms with Crippen LogP contribution in [-0.4, -0.2) is 102 Å². The molecule has 1 aromatic rings.